The highest BCUT2D eigenvalue weighted by Gasteiger charge is 2.46. The number of fused-ring (bicyclic) bond motifs is 9. The minimum atomic E-state index is -0.486. The Labute approximate surface area is 328 Å². The summed E-state index contributed by atoms with van der Waals surface area (Å²) >= 11 is 0. The zero-order valence-corrected chi connectivity index (χ0v) is 30.8. The van der Waals surface area contributed by atoms with E-state index in [4.69, 9.17) is 14.6 Å². The van der Waals surface area contributed by atoms with Crippen molar-refractivity contribution < 1.29 is 4.42 Å². The van der Waals surface area contributed by atoms with Gasteiger partial charge in [0.25, 0.3) is 0 Å². The predicted molar refractivity (Wildman–Crippen MR) is 231 cm³/mol. The number of hydrogen-bond donors (Lipinski definition) is 0. The lowest BCUT2D eigenvalue weighted by Gasteiger charge is -2.34. The summed E-state index contributed by atoms with van der Waals surface area (Å²) in [5, 5.41) is 14.0. The maximum absolute atomic E-state index is 6.38. The predicted octanol–water partition coefficient (Wildman–Crippen LogP) is 13.1. The van der Waals surface area contributed by atoms with E-state index in [9.17, 15) is 0 Å². The summed E-state index contributed by atoms with van der Waals surface area (Å²) in [6, 6.07) is 69.6. The van der Waals surface area contributed by atoms with E-state index in [0.717, 1.165) is 72.0 Å². The zero-order valence-electron chi connectivity index (χ0n) is 30.8. The van der Waals surface area contributed by atoms with Crippen LogP contribution >= 0.6 is 0 Å². The number of furan rings is 1. The fraction of sp³-hybridized carbons (Fsp3) is 0.0189. The average Bonchev–Trinajstić information content (AvgIpc) is 3.98. The van der Waals surface area contributed by atoms with Crippen LogP contribution in [0.2, 0.25) is 0 Å². The average molecular weight is 728 g/mol. The maximum Gasteiger partial charge on any atom is 0.169 e. The molecular formula is C53H33N3O. The van der Waals surface area contributed by atoms with Gasteiger partial charge in [-0.1, -0.05) is 182 Å². The summed E-state index contributed by atoms with van der Waals surface area (Å²) < 4.78 is 8.54. The van der Waals surface area contributed by atoms with Crippen LogP contribution in [0.5, 0.6) is 0 Å². The molecule has 0 unspecified atom stereocenters. The zero-order chi connectivity index (χ0) is 37.5. The van der Waals surface area contributed by atoms with Crippen LogP contribution in [0.15, 0.2) is 205 Å². The number of nitrogens with zero attached hydrogens (tertiary/aromatic N) is 3. The molecule has 0 radical (unpaired) electrons. The van der Waals surface area contributed by atoms with Crippen LogP contribution in [-0.2, 0) is 5.41 Å². The van der Waals surface area contributed by atoms with E-state index in [1.54, 1.807) is 0 Å². The molecule has 1 aliphatic rings. The van der Waals surface area contributed by atoms with Crippen LogP contribution < -0.4 is 0 Å². The molecule has 0 bridgehead atoms. The first kappa shape index (κ1) is 31.8. The van der Waals surface area contributed by atoms with Gasteiger partial charge < -0.3 is 4.42 Å². The molecule has 0 aliphatic heterocycles. The summed E-state index contributed by atoms with van der Waals surface area (Å²) in [7, 11) is 0. The Morgan fingerprint density at radius 1 is 0.404 bits per heavy atom. The van der Waals surface area contributed by atoms with Gasteiger partial charge in [0.15, 0.2) is 11.5 Å². The van der Waals surface area contributed by atoms with Gasteiger partial charge in [-0.3, -0.25) is 4.40 Å². The van der Waals surface area contributed by atoms with Gasteiger partial charge >= 0.3 is 0 Å². The van der Waals surface area contributed by atoms with Crippen molar-refractivity contribution in [1.82, 2.24) is 14.6 Å². The van der Waals surface area contributed by atoms with Crippen molar-refractivity contribution >= 4 is 38.4 Å². The van der Waals surface area contributed by atoms with Crippen LogP contribution in [0.25, 0.3) is 83.1 Å². The molecule has 0 saturated heterocycles. The van der Waals surface area contributed by atoms with Crippen molar-refractivity contribution in [1.29, 1.82) is 0 Å². The third kappa shape index (κ3) is 4.56. The monoisotopic (exact) mass is 727 g/mol. The largest absolute Gasteiger partial charge is 0.455 e. The SMILES string of the molecule is c1ccc(C2(c3ccccc3)c3ccccc3-c3ccc(-c4cn5c(-c6ccc(-c7cccc8c7oc7ccccc78)cc6)nnc5c5ccccc45)cc32)cc1. The molecule has 4 nitrogen and oxygen atoms in total. The summed E-state index contributed by atoms with van der Waals surface area (Å²) in [6.07, 6.45) is 2.23. The van der Waals surface area contributed by atoms with E-state index < -0.39 is 5.41 Å². The Morgan fingerprint density at radius 3 is 1.79 bits per heavy atom. The van der Waals surface area contributed by atoms with Crippen molar-refractivity contribution in [2.75, 3.05) is 0 Å². The minimum Gasteiger partial charge on any atom is -0.455 e. The van der Waals surface area contributed by atoms with E-state index in [-0.39, 0.29) is 0 Å². The second kappa shape index (κ2) is 12.2. The molecule has 3 aromatic heterocycles. The van der Waals surface area contributed by atoms with E-state index in [2.05, 4.69) is 193 Å². The summed E-state index contributed by atoms with van der Waals surface area (Å²) in [5.74, 6) is 0.794. The molecule has 0 spiro atoms. The molecule has 1 aliphatic carbocycles. The fourth-order valence-electron chi connectivity index (χ4n) is 9.52. The topological polar surface area (TPSA) is 43.3 Å². The highest BCUT2D eigenvalue weighted by atomic mass is 16.3. The molecular weight excluding hydrogens is 695 g/mol. The molecule has 57 heavy (non-hydrogen) atoms. The Balaban J connectivity index is 1.04. The molecule has 0 atom stereocenters. The molecule has 0 fully saturated rings. The molecule has 266 valence electrons. The quantitative estimate of drug-likeness (QED) is 0.177. The standard InChI is InChI=1S/C53H33N3O/c1-3-14-37(15-4-1)53(38-16-5-2-6-17-38)47-24-11-9-19-41(47)42-31-30-36(32-48(42)53)46-33-56-51(54-55-52(56)45-21-8-7-18-40(45)46)35-28-26-34(27-29-35)39-22-13-23-44-43-20-10-12-25-49(43)57-50(39)44/h1-33H. The number of aromatic nitrogens is 3. The first-order valence-electron chi connectivity index (χ1n) is 19.4. The Bertz CT molecular complexity index is 3300. The molecule has 11 aromatic rings. The smallest absolute Gasteiger partial charge is 0.169 e. The first-order valence-corrected chi connectivity index (χ1v) is 19.4. The number of pyridine rings is 1. The van der Waals surface area contributed by atoms with E-state index in [1.807, 2.05) is 12.1 Å². The lowest BCUT2D eigenvalue weighted by molar-refractivity contribution is 0.670. The van der Waals surface area contributed by atoms with Gasteiger partial charge in [0.2, 0.25) is 0 Å². The summed E-state index contributed by atoms with van der Waals surface area (Å²) in [4.78, 5) is 0. The lowest BCUT2D eigenvalue weighted by Crippen LogP contribution is -2.28. The molecule has 0 saturated carbocycles. The van der Waals surface area contributed by atoms with Crippen molar-refractivity contribution in [3.8, 4) is 44.8 Å². The minimum absolute atomic E-state index is 0.486. The van der Waals surface area contributed by atoms with Gasteiger partial charge in [0, 0.05) is 39.0 Å². The number of para-hydroxylation sites is 2. The van der Waals surface area contributed by atoms with Crippen molar-refractivity contribution in [3.63, 3.8) is 0 Å². The second-order valence-corrected chi connectivity index (χ2v) is 15.0. The van der Waals surface area contributed by atoms with Crippen molar-refractivity contribution in [3.05, 3.63) is 223 Å². The Hall–Kier alpha value is -7.56. The van der Waals surface area contributed by atoms with Crippen LogP contribution in [0.3, 0.4) is 0 Å². The van der Waals surface area contributed by atoms with Gasteiger partial charge in [-0.2, -0.15) is 0 Å². The molecule has 3 heterocycles. The number of hydrogen-bond acceptors (Lipinski definition) is 3. The molecule has 4 heteroatoms. The second-order valence-electron chi connectivity index (χ2n) is 15.0. The molecule has 0 N–H and O–H groups in total. The molecule has 0 amide bonds. The van der Waals surface area contributed by atoms with Crippen LogP contribution in [-0.4, -0.2) is 14.6 Å². The van der Waals surface area contributed by atoms with E-state index >= 15 is 0 Å². The highest BCUT2D eigenvalue weighted by Crippen LogP contribution is 2.57. The Morgan fingerprint density at radius 2 is 1.00 bits per heavy atom. The first-order chi connectivity index (χ1) is 28.3. The summed E-state index contributed by atoms with van der Waals surface area (Å²) in [6.45, 7) is 0. The number of benzene rings is 8. The third-order valence-electron chi connectivity index (χ3n) is 12.0. The number of rotatable bonds is 5. The normalized spacial score (nSPS) is 13.1. The van der Waals surface area contributed by atoms with Gasteiger partial charge in [-0.15, -0.1) is 10.2 Å². The van der Waals surface area contributed by atoms with E-state index in [1.165, 1.54) is 33.4 Å². The highest BCUT2D eigenvalue weighted by molar-refractivity contribution is 6.09. The third-order valence-corrected chi connectivity index (χ3v) is 12.0. The Kier molecular flexibility index (Phi) is 6.81. The van der Waals surface area contributed by atoms with Gasteiger partial charge in [-0.05, 0) is 62.0 Å². The van der Waals surface area contributed by atoms with Gasteiger partial charge in [0.05, 0.1) is 5.41 Å². The fourth-order valence-corrected chi connectivity index (χ4v) is 9.52. The van der Waals surface area contributed by atoms with Crippen molar-refractivity contribution in [2.24, 2.45) is 0 Å². The lowest BCUT2D eigenvalue weighted by atomic mass is 9.67. The van der Waals surface area contributed by atoms with E-state index in [0.29, 0.717) is 0 Å². The maximum atomic E-state index is 6.38. The molecule has 8 aromatic carbocycles. The van der Waals surface area contributed by atoms with Crippen LogP contribution in [0, 0.1) is 0 Å². The van der Waals surface area contributed by atoms with Gasteiger partial charge in [0.1, 0.15) is 11.2 Å². The van der Waals surface area contributed by atoms with Crippen molar-refractivity contribution in [2.45, 2.75) is 5.41 Å². The summed E-state index contributed by atoms with van der Waals surface area (Å²) in [5.41, 5.74) is 15.2. The van der Waals surface area contributed by atoms with Crippen LogP contribution in [0.1, 0.15) is 22.3 Å². The van der Waals surface area contributed by atoms with Crippen LogP contribution in [0.4, 0.5) is 0 Å². The van der Waals surface area contributed by atoms with Gasteiger partial charge in [-0.25, -0.2) is 0 Å². The molecule has 12 rings (SSSR count).